The molecule has 7 heteroatoms. The Morgan fingerprint density at radius 3 is 2.75 bits per heavy atom. The maximum Gasteiger partial charge on any atom is 0.242 e. The first-order chi connectivity index (χ1) is 9.40. The van der Waals surface area contributed by atoms with Crippen molar-refractivity contribution in [1.29, 1.82) is 5.26 Å². The topological polar surface area (TPSA) is 116 Å². The highest BCUT2D eigenvalue weighted by molar-refractivity contribution is 7.89. The third-order valence-electron chi connectivity index (χ3n) is 2.91. The number of anilines is 1. The molecular weight excluding hydrogens is 278 g/mol. The molecule has 0 aromatic heterocycles. The highest BCUT2D eigenvalue weighted by Crippen LogP contribution is 2.19. The van der Waals surface area contributed by atoms with Gasteiger partial charge in [0.15, 0.2) is 0 Å². The smallest absolute Gasteiger partial charge is 0.242 e. The molecule has 1 aromatic rings. The molecule has 20 heavy (non-hydrogen) atoms. The van der Waals surface area contributed by atoms with Crippen molar-refractivity contribution in [2.45, 2.75) is 24.7 Å². The number of aliphatic hydroxyl groups is 1. The zero-order valence-electron chi connectivity index (χ0n) is 11.3. The molecule has 0 saturated heterocycles. The largest absolute Gasteiger partial charge is 0.398 e. The van der Waals surface area contributed by atoms with Crippen LogP contribution >= 0.6 is 0 Å². The Bertz CT molecular complexity index is 593. The molecule has 0 aliphatic rings. The van der Waals surface area contributed by atoms with E-state index in [-0.39, 0.29) is 29.7 Å². The van der Waals surface area contributed by atoms with Crippen molar-refractivity contribution < 1.29 is 13.5 Å². The van der Waals surface area contributed by atoms with Gasteiger partial charge in [-0.05, 0) is 37.0 Å². The molecule has 0 fully saturated rings. The molecule has 0 aliphatic heterocycles. The molecule has 4 N–H and O–H groups in total. The Kier molecular flexibility index (Phi) is 5.95. The Hall–Kier alpha value is -1.62. The fourth-order valence-corrected chi connectivity index (χ4v) is 2.87. The second-order valence-electron chi connectivity index (χ2n) is 4.69. The van der Waals surface area contributed by atoms with Crippen LogP contribution in [-0.4, -0.2) is 26.7 Å². The molecule has 0 spiro atoms. The lowest BCUT2D eigenvalue weighted by molar-refractivity contribution is 0.228. The van der Waals surface area contributed by atoms with Gasteiger partial charge >= 0.3 is 0 Å². The van der Waals surface area contributed by atoms with Crippen molar-refractivity contribution in [3.63, 3.8) is 0 Å². The highest BCUT2D eigenvalue weighted by atomic mass is 32.2. The van der Waals surface area contributed by atoms with Gasteiger partial charge in [0.1, 0.15) is 4.90 Å². The van der Waals surface area contributed by atoms with Crippen LogP contribution in [-0.2, 0) is 10.0 Å². The molecule has 1 atom stereocenters. The second kappa shape index (κ2) is 7.24. The quantitative estimate of drug-likeness (QED) is 0.509. The van der Waals surface area contributed by atoms with Gasteiger partial charge in [-0.3, -0.25) is 0 Å². The Morgan fingerprint density at radius 1 is 1.50 bits per heavy atom. The summed E-state index contributed by atoms with van der Waals surface area (Å²) in [5.41, 5.74) is 6.03. The highest BCUT2D eigenvalue weighted by Gasteiger charge is 2.17. The monoisotopic (exact) mass is 297 g/mol. The number of nitrogens with one attached hydrogen (secondary N) is 1. The standard InChI is InChI=1S/C13H19N3O3S/c1-10(9-17)3-2-6-16-20(18,19)13-5-4-11(8-14)7-12(13)15/h4-5,7,10,16-17H,2-3,6,9,15H2,1H3. The van der Waals surface area contributed by atoms with Gasteiger partial charge in [-0.15, -0.1) is 0 Å². The van der Waals surface area contributed by atoms with E-state index in [1.54, 1.807) is 0 Å². The number of nitrogens with zero attached hydrogens (tertiary/aromatic N) is 1. The molecular formula is C13H19N3O3S. The molecule has 1 unspecified atom stereocenters. The molecule has 6 nitrogen and oxygen atoms in total. The Labute approximate surface area is 119 Å². The normalized spacial score (nSPS) is 12.8. The summed E-state index contributed by atoms with van der Waals surface area (Å²) >= 11 is 0. The lowest BCUT2D eigenvalue weighted by atomic mass is 10.1. The molecule has 1 rings (SSSR count). The van der Waals surface area contributed by atoms with E-state index in [9.17, 15) is 8.42 Å². The first-order valence-corrected chi connectivity index (χ1v) is 7.79. The predicted molar refractivity (Wildman–Crippen MR) is 76.2 cm³/mol. The van der Waals surface area contributed by atoms with Gasteiger partial charge in [-0.2, -0.15) is 5.26 Å². The number of nitrogens with two attached hydrogens (primary N) is 1. The molecule has 0 heterocycles. The first kappa shape index (κ1) is 16.4. The SMILES string of the molecule is CC(CO)CCCNS(=O)(=O)c1ccc(C#N)cc1N. The first-order valence-electron chi connectivity index (χ1n) is 6.31. The number of hydrogen-bond acceptors (Lipinski definition) is 5. The molecule has 110 valence electrons. The summed E-state index contributed by atoms with van der Waals surface area (Å²) in [6, 6.07) is 5.98. The Balaban J connectivity index is 2.68. The van der Waals surface area contributed by atoms with Gasteiger partial charge < -0.3 is 10.8 Å². The van der Waals surface area contributed by atoms with Gasteiger partial charge in [-0.25, -0.2) is 13.1 Å². The van der Waals surface area contributed by atoms with Crippen LogP contribution in [0.3, 0.4) is 0 Å². The third-order valence-corrected chi connectivity index (χ3v) is 4.44. The maximum atomic E-state index is 12.0. The van der Waals surface area contributed by atoms with E-state index >= 15 is 0 Å². The molecule has 0 aliphatic carbocycles. The van der Waals surface area contributed by atoms with Crippen LogP contribution in [0.4, 0.5) is 5.69 Å². The minimum Gasteiger partial charge on any atom is -0.398 e. The number of hydrogen-bond donors (Lipinski definition) is 3. The van der Waals surface area contributed by atoms with Crippen molar-refractivity contribution in [3.05, 3.63) is 23.8 Å². The molecule has 0 amide bonds. The second-order valence-corrected chi connectivity index (χ2v) is 6.43. The fourth-order valence-electron chi connectivity index (χ4n) is 1.69. The van der Waals surface area contributed by atoms with Gasteiger partial charge in [0.2, 0.25) is 10.0 Å². The molecule has 0 bridgehead atoms. The average Bonchev–Trinajstić information content (AvgIpc) is 2.42. The summed E-state index contributed by atoms with van der Waals surface area (Å²) < 4.78 is 26.5. The van der Waals surface area contributed by atoms with Crippen molar-refractivity contribution in [2.75, 3.05) is 18.9 Å². The van der Waals surface area contributed by atoms with E-state index in [1.165, 1.54) is 18.2 Å². The van der Waals surface area contributed by atoms with Gasteiger partial charge in [-0.1, -0.05) is 6.92 Å². The van der Waals surface area contributed by atoms with Gasteiger partial charge in [0.05, 0.1) is 17.3 Å². The molecule has 1 aromatic carbocycles. The van der Waals surface area contributed by atoms with Crippen molar-refractivity contribution in [2.24, 2.45) is 5.92 Å². The van der Waals surface area contributed by atoms with Crippen LogP contribution in [0.15, 0.2) is 23.1 Å². The van der Waals surface area contributed by atoms with Crippen molar-refractivity contribution in [1.82, 2.24) is 4.72 Å². The van der Waals surface area contributed by atoms with Crippen molar-refractivity contribution in [3.8, 4) is 6.07 Å². The number of nitrogen functional groups attached to an aromatic ring is 1. The number of benzene rings is 1. The minimum absolute atomic E-state index is 0.0216. The Morgan fingerprint density at radius 2 is 2.20 bits per heavy atom. The van der Waals surface area contributed by atoms with Crippen molar-refractivity contribution >= 4 is 15.7 Å². The van der Waals surface area contributed by atoms with Crippen LogP contribution in [0.25, 0.3) is 0 Å². The van der Waals surface area contributed by atoms with Crippen LogP contribution in [0.1, 0.15) is 25.3 Å². The lowest BCUT2D eigenvalue weighted by Crippen LogP contribution is -2.26. The summed E-state index contributed by atoms with van der Waals surface area (Å²) in [5.74, 6) is 0.152. The third kappa shape index (κ3) is 4.49. The van der Waals surface area contributed by atoms with Gasteiger partial charge in [0.25, 0.3) is 0 Å². The predicted octanol–water partition coefficient (Wildman–Crippen LogP) is 0.827. The van der Waals surface area contributed by atoms with Crippen LogP contribution in [0.2, 0.25) is 0 Å². The summed E-state index contributed by atoms with van der Waals surface area (Å²) in [5, 5.41) is 17.6. The average molecular weight is 297 g/mol. The van der Waals surface area contributed by atoms with Crippen LogP contribution < -0.4 is 10.5 Å². The number of sulfonamides is 1. The number of aliphatic hydroxyl groups excluding tert-OH is 1. The van der Waals surface area contributed by atoms with E-state index in [0.717, 1.165) is 6.42 Å². The summed E-state index contributed by atoms with van der Waals surface area (Å²) in [4.78, 5) is -0.0216. The maximum absolute atomic E-state index is 12.0. The lowest BCUT2D eigenvalue weighted by Gasteiger charge is -2.10. The molecule has 0 saturated carbocycles. The van der Waals surface area contributed by atoms with E-state index in [2.05, 4.69) is 4.72 Å². The number of nitriles is 1. The van der Waals surface area contributed by atoms with E-state index in [1.807, 2.05) is 13.0 Å². The zero-order chi connectivity index (χ0) is 15.2. The van der Waals surface area contributed by atoms with E-state index in [0.29, 0.717) is 12.0 Å². The minimum atomic E-state index is -3.67. The van der Waals surface area contributed by atoms with Crippen LogP contribution in [0, 0.1) is 17.2 Å². The van der Waals surface area contributed by atoms with Gasteiger partial charge in [0, 0.05) is 13.2 Å². The summed E-state index contributed by atoms with van der Waals surface area (Å²) in [6.07, 6.45) is 1.37. The number of rotatable bonds is 7. The van der Waals surface area contributed by atoms with E-state index in [4.69, 9.17) is 16.1 Å². The summed E-state index contributed by atoms with van der Waals surface area (Å²) in [6.45, 7) is 2.27. The summed E-state index contributed by atoms with van der Waals surface area (Å²) in [7, 11) is -3.67. The fraction of sp³-hybridized carbons (Fsp3) is 0.462. The van der Waals surface area contributed by atoms with E-state index < -0.39 is 10.0 Å². The zero-order valence-corrected chi connectivity index (χ0v) is 12.2. The van der Waals surface area contributed by atoms with Crippen LogP contribution in [0.5, 0.6) is 0 Å². The molecule has 0 radical (unpaired) electrons.